The number of sulfonamides is 1. The zero-order chi connectivity index (χ0) is 13.7. The third-order valence-electron chi connectivity index (χ3n) is 2.83. The normalized spacial score (nSPS) is 20.4. The fourth-order valence-corrected chi connectivity index (χ4v) is 2.92. The van der Waals surface area contributed by atoms with E-state index in [-0.39, 0.29) is 17.5 Å². The van der Waals surface area contributed by atoms with E-state index in [2.05, 4.69) is 4.72 Å². The summed E-state index contributed by atoms with van der Waals surface area (Å²) in [5.74, 6) is 0. The van der Waals surface area contributed by atoms with E-state index in [1.165, 1.54) is 0 Å². The zero-order valence-electron chi connectivity index (χ0n) is 10.5. The fraction of sp³-hybridized carbons (Fsp3) is 0.500. The molecule has 1 heterocycles. The van der Waals surface area contributed by atoms with Gasteiger partial charge in [-0.3, -0.25) is 0 Å². The summed E-state index contributed by atoms with van der Waals surface area (Å²) >= 11 is 0. The van der Waals surface area contributed by atoms with Gasteiger partial charge in [-0.2, -0.15) is 0 Å². The van der Waals surface area contributed by atoms with Crippen LogP contribution in [0.4, 0.5) is 0 Å². The smallest absolute Gasteiger partial charge is 0.240 e. The van der Waals surface area contributed by atoms with Gasteiger partial charge in [0.15, 0.2) is 0 Å². The van der Waals surface area contributed by atoms with Crippen molar-refractivity contribution in [2.45, 2.75) is 17.5 Å². The summed E-state index contributed by atoms with van der Waals surface area (Å²) in [7, 11) is -3.53. The minimum atomic E-state index is -3.53. The van der Waals surface area contributed by atoms with Gasteiger partial charge in [0, 0.05) is 13.1 Å². The number of hydrogen-bond donors (Lipinski definition) is 2. The molecule has 19 heavy (non-hydrogen) atoms. The Bertz CT molecular complexity index is 512. The van der Waals surface area contributed by atoms with Gasteiger partial charge in [-0.05, 0) is 17.7 Å². The Morgan fingerprint density at radius 3 is 2.89 bits per heavy atom. The minimum Gasteiger partial charge on any atom is -0.376 e. The maximum absolute atomic E-state index is 12.1. The highest BCUT2D eigenvalue weighted by atomic mass is 32.2. The molecule has 0 spiro atoms. The highest BCUT2D eigenvalue weighted by Crippen LogP contribution is 2.11. The summed E-state index contributed by atoms with van der Waals surface area (Å²) in [5, 5.41) is 0. The molecule has 1 fully saturated rings. The molecule has 1 aliphatic heterocycles. The summed E-state index contributed by atoms with van der Waals surface area (Å²) in [6.07, 6.45) is -0.235. The molecule has 1 atom stereocenters. The van der Waals surface area contributed by atoms with Crippen molar-refractivity contribution in [1.82, 2.24) is 4.72 Å². The van der Waals surface area contributed by atoms with E-state index in [0.29, 0.717) is 26.4 Å². The van der Waals surface area contributed by atoms with E-state index in [0.717, 1.165) is 5.56 Å². The summed E-state index contributed by atoms with van der Waals surface area (Å²) < 4.78 is 37.3. The summed E-state index contributed by atoms with van der Waals surface area (Å²) in [4.78, 5) is 0.215. The summed E-state index contributed by atoms with van der Waals surface area (Å²) in [6, 6.07) is 6.58. The highest BCUT2D eigenvalue weighted by Gasteiger charge is 2.19. The van der Waals surface area contributed by atoms with Gasteiger partial charge < -0.3 is 15.2 Å². The van der Waals surface area contributed by atoms with Crippen LogP contribution in [0.5, 0.6) is 0 Å². The molecular weight excluding hydrogens is 268 g/mol. The van der Waals surface area contributed by atoms with Crippen molar-refractivity contribution in [3.8, 4) is 0 Å². The van der Waals surface area contributed by atoms with Crippen molar-refractivity contribution < 1.29 is 17.9 Å². The molecule has 106 valence electrons. The van der Waals surface area contributed by atoms with Crippen molar-refractivity contribution in [2.75, 3.05) is 26.4 Å². The lowest BCUT2D eigenvalue weighted by Gasteiger charge is -2.23. The zero-order valence-corrected chi connectivity index (χ0v) is 11.4. The maximum Gasteiger partial charge on any atom is 0.240 e. The quantitative estimate of drug-likeness (QED) is 0.785. The van der Waals surface area contributed by atoms with Crippen molar-refractivity contribution in [3.63, 3.8) is 0 Å². The number of hydrogen-bond acceptors (Lipinski definition) is 5. The molecule has 1 unspecified atom stereocenters. The molecule has 1 aromatic carbocycles. The number of benzene rings is 1. The van der Waals surface area contributed by atoms with Crippen LogP contribution < -0.4 is 10.5 Å². The van der Waals surface area contributed by atoms with Gasteiger partial charge in [0.2, 0.25) is 10.0 Å². The minimum absolute atomic E-state index is 0.204. The van der Waals surface area contributed by atoms with Crippen LogP contribution in [0.2, 0.25) is 0 Å². The largest absolute Gasteiger partial charge is 0.376 e. The van der Waals surface area contributed by atoms with Crippen LogP contribution in [-0.2, 0) is 26.0 Å². The molecule has 0 amide bonds. The molecule has 6 nitrogen and oxygen atoms in total. The van der Waals surface area contributed by atoms with Crippen molar-refractivity contribution >= 4 is 10.0 Å². The van der Waals surface area contributed by atoms with Gasteiger partial charge in [0.05, 0.1) is 30.8 Å². The maximum atomic E-state index is 12.1. The van der Waals surface area contributed by atoms with E-state index in [9.17, 15) is 8.42 Å². The number of nitrogens with one attached hydrogen (secondary N) is 1. The van der Waals surface area contributed by atoms with Crippen molar-refractivity contribution in [2.24, 2.45) is 5.73 Å². The second kappa shape index (κ2) is 6.44. The van der Waals surface area contributed by atoms with E-state index < -0.39 is 10.0 Å². The lowest BCUT2D eigenvalue weighted by molar-refractivity contribution is -0.0846. The first kappa shape index (κ1) is 14.4. The third-order valence-corrected chi connectivity index (χ3v) is 4.25. The van der Waals surface area contributed by atoms with E-state index in [1.54, 1.807) is 24.3 Å². The van der Waals surface area contributed by atoms with Gasteiger partial charge in [-0.15, -0.1) is 0 Å². The summed E-state index contributed by atoms with van der Waals surface area (Å²) in [6.45, 7) is 1.97. The summed E-state index contributed by atoms with van der Waals surface area (Å²) in [5.41, 5.74) is 6.28. The van der Waals surface area contributed by atoms with Gasteiger partial charge in [0.1, 0.15) is 0 Å². The molecule has 2 rings (SSSR count). The van der Waals surface area contributed by atoms with Crippen LogP contribution in [0.1, 0.15) is 5.56 Å². The predicted molar refractivity (Wildman–Crippen MR) is 70.1 cm³/mol. The SMILES string of the molecule is NCc1cccc(S(=O)(=O)NCC2COCCO2)c1. The van der Waals surface area contributed by atoms with Gasteiger partial charge >= 0.3 is 0 Å². The first-order chi connectivity index (χ1) is 9.12. The average Bonchev–Trinajstić information content (AvgIpc) is 2.46. The molecular formula is C12H18N2O4S. The van der Waals surface area contributed by atoms with Crippen LogP contribution in [-0.4, -0.2) is 40.9 Å². The second-order valence-electron chi connectivity index (χ2n) is 4.27. The Labute approximate surface area is 112 Å². The second-order valence-corrected chi connectivity index (χ2v) is 6.04. The van der Waals surface area contributed by atoms with Gasteiger partial charge in [0.25, 0.3) is 0 Å². The van der Waals surface area contributed by atoms with E-state index in [4.69, 9.17) is 15.2 Å². The first-order valence-corrected chi connectivity index (χ1v) is 7.58. The molecule has 1 aromatic rings. The molecule has 0 aliphatic carbocycles. The molecule has 3 N–H and O–H groups in total. The average molecular weight is 286 g/mol. The molecule has 1 saturated heterocycles. The van der Waals surface area contributed by atoms with Crippen molar-refractivity contribution in [1.29, 1.82) is 0 Å². The Morgan fingerprint density at radius 2 is 2.21 bits per heavy atom. The molecule has 1 aliphatic rings. The Balaban J connectivity index is 2.00. The first-order valence-electron chi connectivity index (χ1n) is 6.10. The van der Waals surface area contributed by atoms with Crippen LogP contribution in [0, 0.1) is 0 Å². The van der Waals surface area contributed by atoms with Crippen LogP contribution >= 0.6 is 0 Å². The third kappa shape index (κ3) is 3.99. The highest BCUT2D eigenvalue weighted by molar-refractivity contribution is 7.89. The molecule has 0 bridgehead atoms. The van der Waals surface area contributed by atoms with Crippen molar-refractivity contribution in [3.05, 3.63) is 29.8 Å². The topological polar surface area (TPSA) is 90.7 Å². The number of ether oxygens (including phenoxy) is 2. The lowest BCUT2D eigenvalue weighted by Crippen LogP contribution is -2.39. The van der Waals surface area contributed by atoms with Gasteiger partial charge in [-0.1, -0.05) is 12.1 Å². The van der Waals surface area contributed by atoms with Gasteiger partial charge in [-0.25, -0.2) is 13.1 Å². The Kier molecular flexibility index (Phi) is 4.89. The fourth-order valence-electron chi connectivity index (χ4n) is 1.78. The molecule has 0 saturated carbocycles. The Morgan fingerprint density at radius 1 is 1.37 bits per heavy atom. The molecule has 7 heteroatoms. The lowest BCUT2D eigenvalue weighted by atomic mass is 10.2. The van der Waals surface area contributed by atoms with Crippen LogP contribution in [0.25, 0.3) is 0 Å². The van der Waals surface area contributed by atoms with Crippen LogP contribution in [0.15, 0.2) is 29.2 Å². The number of rotatable bonds is 5. The van der Waals surface area contributed by atoms with Crippen LogP contribution in [0.3, 0.4) is 0 Å². The monoisotopic (exact) mass is 286 g/mol. The predicted octanol–water partition coefficient (Wildman–Crippen LogP) is -0.161. The standard InChI is InChI=1S/C12H18N2O4S/c13-7-10-2-1-3-12(6-10)19(15,16)14-8-11-9-17-4-5-18-11/h1-3,6,11,14H,4-5,7-9,13H2. The van der Waals surface area contributed by atoms with E-state index >= 15 is 0 Å². The van der Waals surface area contributed by atoms with E-state index in [1.807, 2.05) is 0 Å². The molecule has 0 aromatic heterocycles. The molecule has 0 radical (unpaired) electrons. The number of nitrogens with two attached hydrogens (primary N) is 1. The Hall–Kier alpha value is -0.990.